The van der Waals surface area contributed by atoms with Crippen LogP contribution in [-0.2, 0) is 0 Å². The summed E-state index contributed by atoms with van der Waals surface area (Å²) in [5.74, 6) is 1.99. The van der Waals surface area contributed by atoms with Gasteiger partial charge in [-0.05, 0) is 25.5 Å². The number of fused-ring (bicyclic) bond motifs is 3. The van der Waals surface area contributed by atoms with Gasteiger partial charge in [-0.1, -0.05) is 23.7 Å². The zero-order valence-electron chi connectivity index (χ0n) is 15.5. The van der Waals surface area contributed by atoms with Crippen LogP contribution in [0.2, 0.25) is 5.02 Å². The van der Waals surface area contributed by atoms with Gasteiger partial charge in [0.2, 0.25) is 0 Å². The van der Waals surface area contributed by atoms with E-state index in [1.54, 1.807) is 26.7 Å². The number of nitrogens with zero attached hydrogens (tertiary/aromatic N) is 3. The maximum absolute atomic E-state index is 6.39. The third kappa shape index (κ3) is 2.73. The van der Waals surface area contributed by atoms with Gasteiger partial charge < -0.3 is 14.8 Å². The lowest BCUT2D eigenvalue weighted by Gasteiger charge is -2.17. The third-order valence-corrected chi connectivity index (χ3v) is 5.00. The van der Waals surface area contributed by atoms with Crippen molar-refractivity contribution in [3.8, 4) is 11.5 Å². The minimum atomic E-state index is 0.638. The van der Waals surface area contributed by atoms with E-state index < -0.39 is 0 Å². The summed E-state index contributed by atoms with van der Waals surface area (Å²) in [6.45, 7) is 3.96. The number of benzene rings is 2. The first-order valence-electron chi connectivity index (χ1n) is 8.44. The summed E-state index contributed by atoms with van der Waals surface area (Å²) in [4.78, 5) is 9.17. The molecule has 0 unspecified atom stereocenters. The number of nitrogens with one attached hydrogen (secondary N) is 1. The first-order chi connectivity index (χ1) is 13.0. The summed E-state index contributed by atoms with van der Waals surface area (Å²) in [5, 5.41) is 4.02. The SMILES string of the molecule is COc1cc2c(nc(Nc3c(C)cccc3Cl)c3cncn32)c(C)c1OC. The molecule has 0 atom stereocenters. The highest BCUT2D eigenvalue weighted by Crippen LogP contribution is 2.38. The van der Waals surface area contributed by atoms with Crippen molar-refractivity contribution in [1.82, 2.24) is 14.4 Å². The zero-order chi connectivity index (χ0) is 19.1. The summed E-state index contributed by atoms with van der Waals surface area (Å²) in [6, 6.07) is 7.69. The Morgan fingerprint density at radius 1 is 1.11 bits per heavy atom. The van der Waals surface area contributed by atoms with E-state index in [-0.39, 0.29) is 0 Å². The topological polar surface area (TPSA) is 60.7 Å². The van der Waals surface area contributed by atoms with Crippen molar-refractivity contribution >= 4 is 39.7 Å². The number of imidazole rings is 1. The molecule has 138 valence electrons. The van der Waals surface area contributed by atoms with Crippen LogP contribution in [0.25, 0.3) is 16.6 Å². The lowest BCUT2D eigenvalue weighted by Crippen LogP contribution is -2.03. The Labute approximate surface area is 161 Å². The molecule has 1 N–H and O–H groups in total. The second-order valence-corrected chi connectivity index (χ2v) is 6.68. The minimum Gasteiger partial charge on any atom is -0.493 e. The maximum Gasteiger partial charge on any atom is 0.165 e. The fourth-order valence-corrected chi connectivity index (χ4v) is 3.57. The summed E-state index contributed by atoms with van der Waals surface area (Å²) in [6.07, 6.45) is 3.53. The molecule has 0 radical (unpaired) electrons. The zero-order valence-corrected chi connectivity index (χ0v) is 16.3. The number of aromatic nitrogens is 3. The van der Waals surface area contributed by atoms with Crippen molar-refractivity contribution in [1.29, 1.82) is 0 Å². The molecule has 4 aromatic rings. The van der Waals surface area contributed by atoms with E-state index in [1.807, 2.05) is 42.5 Å². The lowest BCUT2D eigenvalue weighted by atomic mass is 10.1. The molecular formula is C20H19ClN4O2. The molecule has 0 amide bonds. The van der Waals surface area contributed by atoms with Crippen LogP contribution in [0.5, 0.6) is 11.5 Å². The smallest absolute Gasteiger partial charge is 0.165 e. The van der Waals surface area contributed by atoms with Crippen molar-refractivity contribution < 1.29 is 9.47 Å². The summed E-state index contributed by atoms with van der Waals surface area (Å²) in [7, 11) is 3.25. The predicted molar refractivity (Wildman–Crippen MR) is 108 cm³/mol. The molecule has 0 aliphatic heterocycles. The Morgan fingerprint density at radius 2 is 1.93 bits per heavy atom. The molecule has 6 nitrogen and oxygen atoms in total. The van der Waals surface area contributed by atoms with E-state index in [9.17, 15) is 0 Å². The van der Waals surface area contributed by atoms with Gasteiger partial charge in [0, 0.05) is 11.6 Å². The van der Waals surface area contributed by atoms with Gasteiger partial charge in [0.15, 0.2) is 17.3 Å². The average molecular weight is 383 g/mol. The number of anilines is 2. The van der Waals surface area contributed by atoms with Crippen molar-refractivity contribution in [2.24, 2.45) is 0 Å². The van der Waals surface area contributed by atoms with Crippen LogP contribution in [0.15, 0.2) is 36.8 Å². The van der Waals surface area contributed by atoms with E-state index in [4.69, 9.17) is 26.1 Å². The third-order valence-electron chi connectivity index (χ3n) is 4.68. The van der Waals surface area contributed by atoms with E-state index >= 15 is 0 Å². The van der Waals surface area contributed by atoms with Crippen LogP contribution in [0.3, 0.4) is 0 Å². The predicted octanol–water partition coefficient (Wildman–Crippen LogP) is 4.91. The molecule has 7 heteroatoms. The minimum absolute atomic E-state index is 0.638. The van der Waals surface area contributed by atoms with Gasteiger partial charge in [0.25, 0.3) is 0 Å². The summed E-state index contributed by atoms with van der Waals surface area (Å²) >= 11 is 6.39. The molecule has 0 fully saturated rings. The molecule has 0 aliphatic rings. The highest BCUT2D eigenvalue weighted by atomic mass is 35.5. The maximum atomic E-state index is 6.39. The van der Waals surface area contributed by atoms with E-state index in [0.717, 1.165) is 33.4 Å². The van der Waals surface area contributed by atoms with Gasteiger partial charge in [-0.3, -0.25) is 4.40 Å². The summed E-state index contributed by atoms with van der Waals surface area (Å²) in [5.41, 5.74) is 5.28. The Balaban J connectivity index is 2.01. The van der Waals surface area contributed by atoms with Crippen LogP contribution in [0.4, 0.5) is 11.5 Å². The van der Waals surface area contributed by atoms with Crippen LogP contribution >= 0.6 is 11.6 Å². The molecule has 27 heavy (non-hydrogen) atoms. The Bertz CT molecular complexity index is 1150. The van der Waals surface area contributed by atoms with Gasteiger partial charge >= 0.3 is 0 Å². The van der Waals surface area contributed by atoms with Crippen molar-refractivity contribution in [2.75, 3.05) is 19.5 Å². The van der Waals surface area contributed by atoms with Gasteiger partial charge in [0.05, 0.1) is 48.5 Å². The molecule has 2 aromatic heterocycles. The van der Waals surface area contributed by atoms with E-state index in [1.165, 1.54) is 0 Å². The van der Waals surface area contributed by atoms with E-state index in [0.29, 0.717) is 22.3 Å². The highest BCUT2D eigenvalue weighted by molar-refractivity contribution is 6.33. The van der Waals surface area contributed by atoms with Crippen molar-refractivity contribution in [3.05, 3.63) is 52.9 Å². The van der Waals surface area contributed by atoms with Gasteiger partial charge in [-0.25, -0.2) is 9.97 Å². The van der Waals surface area contributed by atoms with Crippen LogP contribution < -0.4 is 14.8 Å². The molecule has 0 saturated heterocycles. The largest absolute Gasteiger partial charge is 0.493 e. The molecule has 2 heterocycles. The van der Waals surface area contributed by atoms with Crippen LogP contribution in [0.1, 0.15) is 11.1 Å². The molecule has 0 spiro atoms. The Kier molecular flexibility index (Phi) is 4.28. The molecule has 0 bridgehead atoms. The molecule has 0 saturated carbocycles. The first kappa shape index (κ1) is 17.4. The number of aryl methyl sites for hydroxylation is 2. The molecular weight excluding hydrogens is 364 g/mol. The second-order valence-electron chi connectivity index (χ2n) is 6.27. The van der Waals surface area contributed by atoms with Gasteiger partial charge in [-0.2, -0.15) is 0 Å². The van der Waals surface area contributed by atoms with Crippen LogP contribution in [-0.4, -0.2) is 28.6 Å². The number of methoxy groups -OCH3 is 2. The quantitative estimate of drug-likeness (QED) is 0.543. The normalized spacial score (nSPS) is 11.1. The van der Waals surface area contributed by atoms with Gasteiger partial charge in [0.1, 0.15) is 5.52 Å². The number of hydrogen-bond donors (Lipinski definition) is 1. The number of hydrogen-bond acceptors (Lipinski definition) is 5. The van der Waals surface area contributed by atoms with E-state index in [2.05, 4.69) is 10.3 Å². The number of rotatable bonds is 4. The summed E-state index contributed by atoms with van der Waals surface area (Å²) < 4.78 is 13.0. The standard InChI is InChI=1S/C20H19ClN4O2/c1-11-6-5-7-13(21)17(11)23-20-15-9-22-10-25(15)14-8-16(26-3)19(27-4)12(2)18(14)24-20/h5-10H,1-4H3,(H,23,24). The van der Waals surface area contributed by atoms with Crippen molar-refractivity contribution in [3.63, 3.8) is 0 Å². The second kappa shape index (κ2) is 6.63. The number of para-hydroxylation sites is 1. The first-order valence-corrected chi connectivity index (χ1v) is 8.82. The van der Waals surface area contributed by atoms with Gasteiger partial charge in [-0.15, -0.1) is 0 Å². The average Bonchev–Trinajstić information content (AvgIpc) is 3.15. The molecule has 2 aromatic carbocycles. The number of halogens is 1. The Morgan fingerprint density at radius 3 is 2.63 bits per heavy atom. The Hall–Kier alpha value is -2.99. The lowest BCUT2D eigenvalue weighted by molar-refractivity contribution is 0.353. The fourth-order valence-electron chi connectivity index (χ4n) is 3.30. The monoisotopic (exact) mass is 382 g/mol. The van der Waals surface area contributed by atoms with Crippen molar-refractivity contribution in [2.45, 2.75) is 13.8 Å². The number of ether oxygens (including phenoxy) is 2. The highest BCUT2D eigenvalue weighted by Gasteiger charge is 2.18. The van der Waals surface area contributed by atoms with Crippen LogP contribution in [0, 0.1) is 13.8 Å². The molecule has 4 rings (SSSR count). The fraction of sp³-hybridized carbons (Fsp3) is 0.200. The molecule has 0 aliphatic carbocycles.